The van der Waals surface area contributed by atoms with Crippen LogP contribution in [0.25, 0.3) is 0 Å². The summed E-state index contributed by atoms with van der Waals surface area (Å²) in [7, 11) is 0. The molecule has 0 aliphatic rings. The van der Waals surface area contributed by atoms with Crippen molar-refractivity contribution in [2.75, 3.05) is 13.2 Å². The van der Waals surface area contributed by atoms with E-state index in [1.54, 1.807) is 0 Å². The lowest BCUT2D eigenvalue weighted by Gasteiger charge is -2.18. The number of hydrogen-bond donors (Lipinski definition) is 0. The quantitative estimate of drug-likeness (QED) is 0.0261. The van der Waals surface area contributed by atoms with Gasteiger partial charge >= 0.3 is 17.9 Å². The van der Waals surface area contributed by atoms with E-state index in [-0.39, 0.29) is 31.1 Å². The summed E-state index contributed by atoms with van der Waals surface area (Å²) in [6.07, 6.45) is 78.4. The van der Waals surface area contributed by atoms with Crippen molar-refractivity contribution >= 4 is 17.9 Å². The van der Waals surface area contributed by atoms with Gasteiger partial charge in [0.25, 0.3) is 0 Å². The number of unbranched alkanes of at least 4 members (excludes halogenated alkanes) is 52. The van der Waals surface area contributed by atoms with E-state index in [0.29, 0.717) is 19.3 Å². The first-order valence-corrected chi connectivity index (χ1v) is 34.7. The van der Waals surface area contributed by atoms with E-state index >= 15 is 0 Å². The van der Waals surface area contributed by atoms with E-state index in [1.165, 1.54) is 295 Å². The van der Waals surface area contributed by atoms with Gasteiger partial charge in [-0.1, -0.05) is 348 Å². The highest BCUT2D eigenvalue weighted by Gasteiger charge is 2.19. The fourth-order valence-electron chi connectivity index (χ4n) is 10.8. The van der Waals surface area contributed by atoms with Gasteiger partial charge in [-0.2, -0.15) is 0 Å². The van der Waals surface area contributed by atoms with Crippen molar-refractivity contribution < 1.29 is 28.6 Å². The minimum Gasteiger partial charge on any atom is -0.462 e. The van der Waals surface area contributed by atoms with Crippen LogP contribution in [0.4, 0.5) is 0 Å². The lowest BCUT2D eigenvalue weighted by atomic mass is 10.0. The monoisotopic (exact) mass is 1070 g/mol. The van der Waals surface area contributed by atoms with Gasteiger partial charge in [-0.25, -0.2) is 0 Å². The average Bonchev–Trinajstić information content (AvgIpc) is 3.42. The minimum atomic E-state index is -0.769. The molecule has 0 heterocycles. The first kappa shape index (κ1) is 74.2. The summed E-state index contributed by atoms with van der Waals surface area (Å²) in [5.74, 6) is -0.849. The number of carbonyl (C=O) groups excluding carboxylic acids is 3. The summed E-state index contributed by atoms with van der Waals surface area (Å²) in [5, 5.41) is 0. The third-order valence-corrected chi connectivity index (χ3v) is 16.0. The van der Waals surface area contributed by atoms with Crippen LogP contribution in [0, 0.1) is 0 Å². The Morgan fingerprint density at radius 1 is 0.250 bits per heavy atom. The molecule has 1 atom stereocenters. The van der Waals surface area contributed by atoms with Crippen LogP contribution in [0.2, 0.25) is 0 Å². The number of ether oxygens (including phenoxy) is 3. The highest BCUT2D eigenvalue weighted by molar-refractivity contribution is 5.71. The van der Waals surface area contributed by atoms with Gasteiger partial charge < -0.3 is 14.2 Å². The highest BCUT2D eigenvalue weighted by Crippen LogP contribution is 2.19. The van der Waals surface area contributed by atoms with Crippen LogP contribution in [0.1, 0.15) is 400 Å². The predicted molar refractivity (Wildman–Crippen MR) is 330 cm³/mol. The van der Waals surface area contributed by atoms with Crippen LogP contribution in [0.15, 0.2) is 12.2 Å². The van der Waals surface area contributed by atoms with Crippen LogP contribution in [-0.2, 0) is 28.6 Å². The number of rotatable bonds is 65. The van der Waals surface area contributed by atoms with E-state index in [2.05, 4.69) is 32.9 Å². The molecule has 0 rings (SSSR count). The zero-order chi connectivity index (χ0) is 55.0. The second-order valence-corrected chi connectivity index (χ2v) is 23.8. The first-order valence-electron chi connectivity index (χ1n) is 34.7. The van der Waals surface area contributed by atoms with E-state index in [4.69, 9.17) is 14.2 Å². The van der Waals surface area contributed by atoms with Gasteiger partial charge in [0.15, 0.2) is 6.10 Å². The number of carbonyl (C=O) groups is 3. The third-order valence-electron chi connectivity index (χ3n) is 16.0. The van der Waals surface area contributed by atoms with E-state index < -0.39 is 6.10 Å². The SMILES string of the molecule is CCCCCCCCC/C=C\CCCCCCCC(=O)OC(COC(=O)CCCCCCCCCCCC)COC(=O)CCCCCCCCCCCCCCCCCCCCCCCCCCCCCCCCCC. The molecule has 6 nitrogen and oxygen atoms in total. The Bertz CT molecular complexity index is 1180. The molecule has 0 saturated carbocycles. The van der Waals surface area contributed by atoms with Gasteiger partial charge in [-0.3, -0.25) is 14.4 Å². The lowest BCUT2D eigenvalue weighted by Crippen LogP contribution is -2.30. The van der Waals surface area contributed by atoms with Crippen molar-refractivity contribution in [1.29, 1.82) is 0 Å². The number of esters is 3. The molecule has 0 amide bonds. The van der Waals surface area contributed by atoms with E-state index in [9.17, 15) is 14.4 Å². The third kappa shape index (κ3) is 63.0. The molecule has 76 heavy (non-hydrogen) atoms. The van der Waals surface area contributed by atoms with Gasteiger partial charge in [0, 0.05) is 19.3 Å². The summed E-state index contributed by atoms with van der Waals surface area (Å²) < 4.78 is 16.9. The molecule has 0 bridgehead atoms. The second kappa shape index (κ2) is 65.7. The van der Waals surface area contributed by atoms with Crippen molar-refractivity contribution in [3.05, 3.63) is 12.2 Å². The van der Waals surface area contributed by atoms with Gasteiger partial charge in [-0.15, -0.1) is 0 Å². The van der Waals surface area contributed by atoms with Crippen LogP contribution in [0.5, 0.6) is 0 Å². The Kier molecular flexibility index (Phi) is 64.1. The molecule has 0 N–H and O–H groups in total. The number of allylic oxidation sites excluding steroid dienone is 2. The average molecular weight is 1070 g/mol. The predicted octanol–water partition coefficient (Wildman–Crippen LogP) is 23.6. The molecule has 0 aromatic carbocycles. The topological polar surface area (TPSA) is 78.9 Å². The summed E-state index contributed by atoms with van der Waals surface area (Å²) in [6, 6.07) is 0. The normalized spacial score (nSPS) is 12.0. The van der Waals surface area contributed by atoms with Crippen molar-refractivity contribution in [1.82, 2.24) is 0 Å². The smallest absolute Gasteiger partial charge is 0.306 e. The van der Waals surface area contributed by atoms with Gasteiger partial charge in [0.05, 0.1) is 0 Å². The fourth-order valence-corrected chi connectivity index (χ4v) is 10.8. The highest BCUT2D eigenvalue weighted by atomic mass is 16.6. The molecule has 0 aliphatic heterocycles. The molecule has 6 heteroatoms. The maximum atomic E-state index is 12.9. The van der Waals surface area contributed by atoms with Crippen molar-refractivity contribution in [3.63, 3.8) is 0 Å². The Morgan fingerprint density at radius 3 is 0.658 bits per heavy atom. The van der Waals surface area contributed by atoms with Crippen LogP contribution < -0.4 is 0 Å². The van der Waals surface area contributed by atoms with Crippen LogP contribution >= 0.6 is 0 Å². The number of hydrogen-bond acceptors (Lipinski definition) is 6. The summed E-state index contributed by atoms with van der Waals surface area (Å²) in [4.78, 5) is 38.2. The minimum absolute atomic E-state index is 0.0672. The second-order valence-electron chi connectivity index (χ2n) is 23.8. The van der Waals surface area contributed by atoms with Crippen molar-refractivity contribution in [2.24, 2.45) is 0 Å². The lowest BCUT2D eigenvalue weighted by molar-refractivity contribution is -0.167. The molecule has 0 aliphatic carbocycles. The molecule has 0 saturated heterocycles. The van der Waals surface area contributed by atoms with Crippen molar-refractivity contribution in [2.45, 2.75) is 406 Å². The zero-order valence-electron chi connectivity index (χ0n) is 51.8. The molecule has 0 aromatic rings. The van der Waals surface area contributed by atoms with Gasteiger partial charge in [0.1, 0.15) is 13.2 Å². The molecular weight excluding hydrogens is 937 g/mol. The van der Waals surface area contributed by atoms with Gasteiger partial charge in [0.2, 0.25) is 0 Å². The maximum absolute atomic E-state index is 12.9. The van der Waals surface area contributed by atoms with Crippen LogP contribution in [-0.4, -0.2) is 37.2 Å². The summed E-state index contributed by atoms with van der Waals surface area (Å²) in [5.41, 5.74) is 0. The first-order chi connectivity index (χ1) is 37.5. The molecule has 1 unspecified atom stereocenters. The Labute approximate surface area is 475 Å². The van der Waals surface area contributed by atoms with E-state index in [0.717, 1.165) is 64.2 Å². The molecule has 0 aromatic heterocycles. The molecule has 0 spiro atoms. The molecule has 0 radical (unpaired) electrons. The summed E-state index contributed by atoms with van der Waals surface area (Å²) in [6.45, 7) is 6.69. The van der Waals surface area contributed by atoms with E-state index in [1.807, 2.05) is 0 Å². The Balaban J connectivity index is 4.02. The van der Waals surface area contributed by atoms with Crippen molar-refractivity contribution in [3.8, 4) is 0 Å². The molecular formula is C70H134O6. The summed E-state index contributed by atoms with van der Waals surface area (Å²) >= 11 is 0. The maximum Gasteiger partial charge on any atom is 0.306 e. The largest absolute Gasteiger partial charge is 0.462 e. The molecule has 450 valence electrons. The standard InChI is InChI=1S/C70H134O6/c1-4-7-10-13-16-19-22-24-26-28-29-30-31-32-33-34-35-36-37-38-39-40-41-42-43-45-46-48-51-54-57-60-63-69(72)75-66-67(65-74-68(71)62-59-56-53-50-21-18-15-12-9-6-3)76-70(73)64-61-58-55-52-49-47-44-27-25-23-20-17-14-11-8-5-2/h27,44,67H,4-26,28-43,45-66H2,1-3H3/b44-27-. The van der Waals surface area contributed by atoms with Crippen LogP contribution in [0.3, 0.4) is 0 Å². The zero-order valence-corrected chi connectivity index (χ0v) is 51.8. The Hall–Kier alpha value is -1.85. The molecule has 0 fully saturated rings. The fraction of sp³-hybridized carbons (Fsp3) is 0.929. The van der Waals surface area contributed by atoms with Gasteiger partial charge in [-0.05, 0) is 44.9 Å². The Morgan fingerprint density at radius 2 is 0.434 bits per heavy atom.